The molecule has 1 aliphatic rings. The van der Waals surface area contributed by atoms with Gasteiger partial charge in [0.25, 0.3) is 5.91 Å². The predicted molar refractivity (Wildman–Crippen MR) is 112 cm³/mol. The molecular weight excluding hydrogens is 398 g/mol. The summed E-state index contributed by atoms with van der Waals surface area (Å²) in [6.07, 6.45) is 0.890. The fraction of sp³-hybridized carbons (Fsp3) is 0.350. The highest BCUT2D eigenvalue weighted by molar-refractivity contribution is 7.89. The lowest BCUT2D eigenvalue weighted by Gasteiger charge is -2.21. The summed E-state index contributed by atoms with van der Waals surface area (Å²) in [5, 5.41) is 3.27. The fourth-order valence-corrected chi connectivity index (χ4v) is 4.12. The maximum Gasteiger partial charge on any atom is 0.254 e. The van der Waals surface area contributed by atoms with Crippen LogP contribution in [0.15, 0.2) is 53.4 Å². The minimum atomic E-state index is -3.70. The van der Waals surface area contributed by atoms with Gasteiger partial charge in [0.15, 0.2) is 0 Å². The van der Waals surface area contributed by atoms with Gasteiger partial charge in [0, 0.05) is 31.7 Å². The first-order valence-corrected chi connectivity index (χ1v) is 10.6. The molecular formula is C20H26ClN3O3S. The molecule has 2 N–H and O–H groups in total. The minimum absolute atomic E-state index is 0. The van der Waals surface area contributed by atoms with E-state index < -0.39 is 10.0 Å². The number of aryl methyl sites for hydroxylation is 1. The first kappa shape index (κ1) is 22.4. The highest BCUT2D eigenvalue weighted by Gasteiger charge is 2.22. The molecule has 152 valence electrons. The smallest absolute Gasteiger partial charge is 0.254 e. The number of hydrogen-bond acceptors (Lipinski definition) is 4. The fourth-order valence-electron chi connectivity index (χ4n) is 3.08. The highest BCUT2D eigenvalue weighted by Crippen LogP contribution is 2.18. The van der Waals surface area contributed by atoms with Crippen LogP contribution in [0.25, 0.3) is 0 Å². The van der Waals surface area contributed by atoms with Gasteiger partial charge >= 0.3 is 0 Å². The number of carbonyl (C=O) groups is 1. The molecule has 0 spiro atoms. The number of nitrogens with zero attached hydrogens (tertiary/aromatic N) is 1. The molecule has 2 aromatic rings. The average Bonchev–Trinajstić information content (AvgIpc) is 2.96. The van der Waals surface area contributed by atoms with Gasteiger partial charge in [-0.15, -0.1) is 12.4 Å². The molecule has 0 aliphatic carbocycles. The van der Waals surface area contributed by atoms with Crippen molar-refractivity contribution in [2.24, 2.45) is 0 Å². The number of halogens is 1. The van der Waals surface area contributed by atoms with Crippen LogP contribution < -0.4 is 10.0 Å². The molecule has 2 aromatic carbocycles. The van der Waals surface area contributed by atoms with Crippen molar-refractivity contribution in [2.75, 3.05) is 26.2 Å². The molecule has 28 heavy (non-hydrogen) atoms. The quantitative estimate of drug-likeness (QED) is 0.773. The lowest BCUT2D eigenvalue weighted by atomic mass is 10.1. The number of hydrogen-bond donors (Lipinski definition) is 2. The summed E-state index contributed by atoms with van der Waals surface area (Å²) < 4.78 is 28.0. The van der Waals surface area contributed by atoms with Crippen LogP contribution in [0.5, 0.6) is 0 Å². The van der Waals surface area contributed by atoms with Crippen LogP contribution in [0, 0.1) is 6.92 Å². The zero-order chi connectivity index (χ0) is 19.3. The molecule has 6 nitrogen and oxygen atoms in total. The summed E-state index contributed by atoms with van der Waals surface area (Å²) in [5.74, 6) is -0.115. The van der Waals surface area contributed by atoms with Gasteiger partial charge in [-0.05, 0) is 43.1 Å². The van der Waals surface area contributed by atoms with E-state index in [1.54, 1.807) is 17.0 Å². The second-order valence-electron chi connectivity index (χ2n) is 6.68. The van der Waals surface area contributed by atoms with Crippen molar-refractivity contribution >= 4 is 28.3 Å². The van der Waals surface area contributed by atoms with Gasteiger partial charge in [0.1, 0.15) is 0 Å². The van der Waals surface area contributed by atoms with Crippen LogP contribution in [0.2, 0.25) is 0 Å². The van der Waals surface area contributed by atoms with E-state index >= 15 is 0 Å². The van der Waals surface area contributed by atoms with Crippen LogP contribution in [-0.4, -0.2) is 45.4 Å². The van der Waals surface area contributed by atoms with E-state index in [9.17, 15) is 13.2 Å². The van der Waals surface area contributed by atoms with E-state index in [2.05, 4.69) is 10.0 Å². The van der Waals surface area contributed by atoms with Crippen molar-refractivity contribution in [1.29, 1.82) is 0 Å². The molecule has 3 rings (SSSR count). The van der Waals surface area contributed by atoms with Gasteiger partial charge in [0.2, 0.25) is 10.0 Å². The predicted octanol–water partition coefficient (Wildman–Crippen LogP) is 2.33. The molecule has 1 heterocycles. The number of sulfonamides is 1. The van der Waals surface area contributed by atoms with Crippen molar-refractivity contribution in [3.8, 4) is 0 Å². The third-order valence-corrected chi connectivity index (χ3v) is 6.09. The Bertz CT molecular complexity index is 896. The van der Waals surface area contributed by atoms with E-state index in [4.69, 9.17) is 0 Å². The lowest BCUT2D eigenvalue weighted by Crippen LogP contribution is -2.34. The van der Waals surface area contributed by atoms with Crippen molar-refractivity contribution < 1.29 is 13.2 Å². The second-order valence-corrected chi connectivity index (χ2v) is 8.45. The molecule has 0 saturated carbocycles. The van der Waals surface area contributed by atoms with Crippen molar-refractivity contribution in [3.63, 3.8) is 0 Å². The Hall–Kier alpha value is -1.93. The van der Waals surface area contributed by atoms with Gasteiger partial charge in [-0.2, -0.15) is 0 Å². The van der Waals surface area contributed by atoms with Crippen LogP contribution in [0.3, 0.4) is 0 Å². The lowest BCUT2D eigenvalue weighted by molar-refractivity contribution is 0.0765. The van der Waals surface area contributed by atoms with Gasteiger partial charge in [0.05, 0.1) is 4.90 Å². The van der Waals surface area contributed by atoms with Crippen LogP contribution in [0.1, 0.15) is 27.9 Å². The SMILES string of the molecule is Cc1ccc(S(=O)(=O)NCc2ccccc2)cc1C(=O)N1CCCNCC1.Cl. The second kappa shape index (κ2) is 10.0. The Morgan fingerprint density at radius 3 is 2.61 bits per heavy atom. The zero-order valence-electron chi connectivity index (χ0n) is 15.8. The van der Waals surface area contributed by atoms with Crippen LogP contribution in [0.4, 0.5) is 0 Å². The summed E-state index contributed by atoms with van der Waals surface area (Å²) in [6.45, 7) is 4.98. The maximum absolute atomic E-state index is 12.9. The number of rotatable bonds is 5. The van der Waals surface area contributed by atoms with Crippen LogP contribution >= 0.6 is 12.4 Å². The van der Waals surface area contributed by atoms with E-state index in [1.807, 2.05) is 37.3 Å². The molecule has 0 aromatic heterocycles. The number of nitrogens with one attached hydrogen (secondary N) is 2. The molecule has 1 amide bonds. The Labute approximate surface area is 172 Å². The molecule has 0 atom stereocenters. The first-order valence-electron chi connectivity index (χ1n) is 9.11. The Morgan fingerprint density at radius 1 is 1.11 bits per heavy atom. The number of carbonyl (C=O) groups excluding carboxylic acids is 1. The zero-order valence-corrected chi connectivity index (χ0v) is 17.5. The molecule has 8 heteroatoms. The minimum Gasteiger partial charge on any atom is -0.337 e. The van der Waals surface area contributed by atoms with Gasteiger partial charge in [-0.3, -0.25) is 4.79 Å². The van der Waals surface area contributed by atoms with E-state index in [0.717, 1.165) is 30.6 Å². The van der Waals surface area contributed by atoms with Gasteiger partial charge < -0.3 is 10.2 Å². The third kappa shape index (κ3) is 5.54. The highest BCUT2D eigenvalue weighted by atomic mass is 35.5. The topological polar surface area (TPSA) is 78.5 Å². The van der Waals surface area contributed by atoms with Gasteiger partial charge in [-0.25, -0.2) is 13.1 Å². The van der Waals surface area contributed by atoms with E-state index in [-0.39, 0.29) is 29.8 Å². The monoisotopic (exact) mass is 423 g/mol. The number of amides is 1. The Kier molecular flexibility index (Phi) is 8.00. The third-order valence-electron chi connectivity index (χ3n) is 4.69. The molecule has 1 saturated heterocycles. The molecule has 0 unspecified atom stereocenters. The van der Waals surface area contributed by atoms with E-state index in [1.165, 1.54) is 6.07 Å². The standard InChI is InChI=1S/C20H25N3O3S.ClH/c1-16-8-9-18(27(25,26)22-15-17-6-3-2-4-7-17)14-19(16)20(24)23-12-5-10-21-11-13-23;/h2-4,6-9,14,21-22H,5,10-13,15H2,1H3;1H. The largest absolute Gasteiger partial charge is 0.337 e. The summed E-state index contributed by atoms with van der Waals surface area (Å²) in [5.41, 5.74) is 2.10. The normalized spacial score (nSPS) is 14.8. The van der Waals surface area contributed by atoms with Crippen molar-refractivity contribution in [1.82, 2.24) is 14.9 Å². The summed E-state index contributed by atoms with van der Waals surface area (Å²) in [7, 11) is -3.70. The first-order chi connectivity index (χ1) is 13.0. The summed E-state index contributed by atoms with van der Waals surface area (Å²) >= 11 is 0. The summed E-state index contributed by atoms with van der Waals surface area (Å²) in [6, 6.07) is 14.1. The Balaban J connectivity index is 0.00000280. The number of benzene rings is 2. The summed E-state index contributed by atoms with van der Waals surface area (Å²) in [4.78, 5) is 14.8. The molecule has 0 radical (unpaired) electrons. The molecule has 1 aliphatic heterocycles. The maximum atomic E-state index is 12.9. The Morgan fingerprint density at radius 2 is 1.86 bits per heavy atom. The van der Waals surface area contributed by atoms with Crippen molar-refractivity contribution in [3.05, 3.63) is 65.2 Å². The molecule has 1 fully saturated rings. The van der Waals surface area contributed by atoms with Gasteiger partial charge in [-0.1, -0.05) is 36.4 Å². The molecule has 0 bridgehead atoms. The average molecular weight is 424 g/mol. The van der Waals surface area contributed by atoms with Crippen LogP contribution in [-0.2, 0) is 16.6 Å². The van der Waals surface area contributed by atoms with Crippen molar-refractivity contribution in [2.45, 2.75) is 24.8 Å². The van der Waals surface area contributed by atoms with E-state index in [0.29, 0.717) is 18.7 Å².